The van der Waals surface area contributed by atoms with Gasteiger partial charge in [-0.3, -0.25) is 9.59 Å². The predicted octanol–water partition coefficient (Wildman–Crippen LogP) is 12.6. The van der Waals surface area contributed by atoms with Crippen LogP contribution >= 0.6 is 0 Å². The fourth-order valence-corrected chi connectivity index (χ4v) is 5.65. The zero-order chi connectivity index (χ0) is 30.2. The van der Waals surface area contributed by atoms with E-state index in [-0.39, 0.29) is 0 Å². The van der Waals surface area contributed by atoms with Gasteiger partial charge in [0, 0.05) is 12.8 Å². The van der Waals surface area contributed by atoms with Crippen molar-refractivity contribution in [1.29, 1.82) is 0 Å². The summed E-state index contributed by atoms with van der Waals surface area (Å²) in [5, 5.41) is 17.1. The highest BCUT2D eigenvalue weighted by molar-refractivity contribution is 5.66. The first-order chi connectivity index (χ1) is 20.0. The van der Waals surface area contributed by atoms with Crippen molar-refractivity contribution in [3.8, 4) is 0 Å². The zero-order valence-corrected chi connectivity index (χ0v) is 27.6. The zero-order valence-electron chi connectivity index (χ0n) is 27.6. The molecule has 1 aliphatic carbocycles. The van der Waals surface area contributed by atoms with E-state index in [9.17, 15) is 9.59 Å². The van der Waals surface area contributed by atoms with Crippen LogP contribution in [-0.2, 0) is 9.59 Å². The van der Waals surface area contributed by atoms with E-state index in [0.29, 0.717) is 12.8 Å². The number of carboxylic acids is 2. The number of hydrogen-bond donors (Lipinski definition) is 2. The molecule has 4 heteroatoms. The van der Waals surface area contributed by atoms with Gasteiger partial charge in [0.15, 0.2) is 0 Å². The molecule has 0 bridgehead atoms. The molecule has 0 amide bonds. The number of carboxylic acid groups (broad SMARTS) is 2. The lowest BCUT2D eigenvalue weighted by molar-refractivity contribution is -0.138. The summed E-state index contributed by atoms with van der Waals surface area (Å²) in [4.78, 5) is 20.7. The first-order valence-corrected chi connectivity index (χ1v) is 18.1. The van der Waals surface area contributed by atoms with Gasteiger partial charge in [-0.25, -0.2) is 0 Å². The molecule has 41 heavy (non-hydrogen) atoms. The third-order valence-corrected chi connectivity index (χ3v) is 8.50. The Morgan fingerprint density at radius 1 is 0.415 bits per heavy atom. The van der Waals surface area contributed by atoms with E-state index in [1.54, 1.807) is 11.1 Å². The lowest BCUT2D eigenvalue weighted by Gasteiger charge is -2.03. The van der Waals surface area contributed by atoms with E-state index < -0.39 is 11.9 Å². The Labute approximate surface area is 255 Å². The van der Waals surface area contributed by atoms with Crippen molar-refractivity contribution in [2.45, 2.75) is 213 Å². The molecule has 0 spiro atoms. The molecule has 0 unspecified atom stereocenters. The maximum atomic E-state index is 10.4. The summed E-state index contributed by atoms with van der Waals surface area (Å²) in [6.07, 6.45) is 38.7. The van der Waals surface area contributed by atoms with Crippen LogP contribution in [0.2, 0.25) is 0 Å². The highest BCUT2D eigenvalue weighted by Crippen LogP contribution is 2.38. The molecular weight excluding hydrogens is 508 g/mol. The van der Waals surface area contributed by atoms with Gasteiger partial charge in [-0.15, -0.1) is 0 Å². The van der Waals surface area contributed by atoms with Gasteiger partial charge in [0.05, 0.1) is 0 Å². The summed E-state index contributed by atoms with van der Waals surface area (Å²) in [7, 11) is 0. The van der Waals surface area contributed by atoms with Crippen LogP contribution in [0.5, 0.6) is 0 Å². The highest BCUT2D eigenvalue weighted by Gasteiger charge is 2.19. The molecule has 2 N–H and O–H groups in total. The Hall–Kier alpha value is -1.32. The van der Waals surface area contributed by atoms with Crippen LogP contribution in [0.15, 0.2) is 11.1 Å². The summed E-state index contributed by atoms with van der Waals surface area (Å²) in [6.45, 7) is 4.54. The van der Waals surface area contributed by atoms with Gasteiger partial charge in [0.1, 0.15) is 0 Å². The summed E-state index contributed by atoms with van der Waals surface area (Å²) >= 11 is 0. The number of allylic oxidation sites excluding steroid dienone is 2. The van der Waals surface area contributed by atoms with Crippen LogP contribution in [0.1, 0.15) is 213 Å². The quantitative estimate of drug-likeness (QED) is 0.0633. The Morgan fingerprint density at radius 2 is 0.659 bits per heavy atom. The monoisotopic (exact) mass is 579 g/mol. The van der Waals surface area contributed by atoms with E-state index in [0.717, 1.165) is 25.7 Å². The Morgan fingerprint density at radius 3 is 0.927 bits per heavy atom. The van der Waals surface area contributed by atoms with Crippen LogP contribution in [-0.4, -0.2) is 22.2 Å². The summed E-state index contributed by atoms with van der Waals surface area (Å²) in [5.41, 5.74) is 3.51. The predicted molar refractivity (Wildman–Crippen MR) is 177 cm³/mol. The number of aliphatic carboxylic acids is 2. The maximum absolute atomic E-state index is 10.4. The van der Waals surface area contributed by atoms with Crippen LogP contribution in [0.25, 0.3) is 0 Å². The topological polar surface area (TPSA) is 74.6 Å². The minimum atomic E-state index is -0.655. The smallest absolute Gasteiger partial charge is 0.303 e. The summed E-state index contributed by atoms with van der Waals surface area (Å²) in [6, 6.07) is 0. The van der Waals surface area contributed by atoms with Gasteiger partial charge >= 0.3 is 11.9 Å². The molecule has 0 fully saturated rings. The molecule has 0 heterocycles. The molecule has 0 aromatic carbocycles. The maximum Gasteiger partial charge on any atom is 0.303 e. The molecule has 1 rings (SSSR count). The van der Waals surface area contributed by atoms with Crippen LogP contribution in [0.3, 0.4) is 0 Å². The lowest BCUT2D eigenvalue weighted by Crippen LogP contribution is -1.93. The van der Waals surface area contributed by atoms with Crippen molar-refractivity contribution in [2.24, 2.45) is 0 Å². The van der Waals surface area contributed by atoms with E-state index in [1.807, 2.05) is 0 Å². The second-order valence-corrected chi connectivity index (χ2v) is 12.7. The molecule has 0 radical (unpaired) electrons. The van der Waals surface area contributed by atoms with Crippen LogP contribution in [0.4, 0.5) is 0 Å². The van der Waals surface area contributed by atoms with Crippen LogP contribution in [0, 0.1) is 0 Å². The number of rotatable bonds is 31. The first kappa shape index (κ1) is 39.7. The third-order valence-electron chi connectivity index (χ3n) is 8.50. The molecule has 0 saturated heterocycles. The Bertz CT molecular complexity index is 624. The van der Waals surface area contributed by atoms with E-state index in [2.05, 4.69) is 13.8 Å². The number of hydrogen-bond acceptors (Lipinski definition) is 2. The molecule has 4 nitrogen and oxygen atoms in total. The van der Waals surface area contributed by atoms with E-state index in [4.69, 9.17) is 10.2 Å². The standard InChI is InChI=1S/C19H34O2.C18H36O2/c1-2-3-4-5-7-10-13-17-16-18(17)14-11-8-6-9-12-15-19(20)21;1-2-3-4-5-6-7-8-9-10-11-12-13-14-15-16-17-18(19)20/h2-16H2,1H3,(H,20,21);2-17H2,1H3,(H,19,20). The Balaban J connectivity index is 0.000000782. The van der Waals surface area contributed by atoms with Gasteiger partial charge in [0.25, 0.3) is 0 Å². The third kappa shape index (κ3) is 33.1. The van der Waals surface area contributed by atoms with Crippen molar-refractivity contribution in [2.75, 3.05) is 0 Å². The first-order valence-electron chi connectivity index (χ1n) is 18.1. The van der Waals surface area contributed by atoms with Gasteiger partial charge in [-0.2, -0.15) is 0 Å². The molecule has 0 aromatic heterocycles. The fraction of sp³-hybridized carbons (Fsp3) is 0.892. The number of carbonyl (C=O) groups is 2. The Kier molecular flexibility index (Phi) is 30.6. The van der Waals surface area contributed by atoms with Gasteiger partial charge in [-0.1, -0.05) is 166 Å². The van der Waals surface area contributed by atoms with Crippen molar-refractivity contribution in [3.05, 3.63) is 11.1 Å². The molecular formula is C37H70O4. The molecule has 242 valence electrons. The molecule has 0 aromatic rings. The minimum Gasteiger partial charge on any atom is -0.481 e. The molecule has 0 aliphatic heterocycles. The largest absolute Gasteiger partial charge is 0.481 e. The van der Waals surface area contributed by atoms with Gasteiger partial charge in [-0.05, 0) is 44.9 Å². The van der Waals surface area contributed by atoms with Gasteiger partial charge in [0.2, 0.25) is 0 Å². The molecule has 1 aliphatic rings. The fourth-order valence-electron chi connectivity index (χ4n) is 5.65. The minimum absolute atomic E-state index is 0.341. The van der Waals surface area contributed by atoms with E-state index >= 15 is 0 Å². The summed E-state index contributed by atoms with van der Waals surface area (Å²) in [5.74, 6) is -1.31. The van der Waals surface area contributed by atoms with Crippen molar-refractivity contribution in [3.63, 3.8) is 0 Å². The second kappa shape index (κ2) is 31.6. The molecule has 0 saturated carbocycles. The highest BCUT2D eigenvalue weighted by atomic mass is 16.4. The van der Waals surface area contributed by atoms with Crippen molar-refractivity contribution < 1.29 is 19.8 Å². The lowest BCUT2D eigenvalue weighted by atomic mass is 10.0. The van der Waals surface area contributed by atoms with Crippen LogP contribution < -0.4 is 0 Å². The number of unbranched alkanes of at least 4 members (excludes halogenated alkanes) is 23. The SMILES string of the molecule is CCCCCCCCC1=C(CCCCCCCC(=O)O)C1.CCCCCCCCCCCCCCCCCC(=O)O. The average molecular weight is 579 g/mol. The normalized spacial score (nSPS) is 12.3. The van der Waals surface area contributed by atoms with Gasteiger partial charge < -0.3 is 10.2 Å². The second-order valence-electron chi connectivity index (χ2n) is 12.7. The van der Waals surface area contributed by atoms with Crippen molar-refractivity contribution in [1.82, 2.24) is 0 Å². The molecule has 0 atom stereocenters. The summed E-state index contributed by atoms with van der Waals surface area (Å²) < 4.78 is 0. The average Bonchev–Trinajstić information content (AvgIpc) is 3.70. The van der Waals surface area contributed by atoms with E-state index in [1.165, 1.54) is 161 Å². The van der Waals surface area contributed by atoms with Crippen molar-refractivity contribution >= 4 is 11.9 Å².